The fourth-order valence-electron chi connectivity index (χ4n) is 2.05. The molecule has 1 aromatic heterocycles. The number of ether oxygens (including phenoxy) is 2. The van der Waals surface area contributed by atoms with Gasteiger partial charge in [0.25, 0.3) is 0 Å². The summed E-state index contributed by atoms with van der Waals surface area (Å²) in [4.78, 5) is 16.4. The van der Waals surface area contributed by atoms with Crippen LogP contribution in [-0.2, 0) is 16.6 Å². The highest BCUT2D eigenvalue weighted by molar-refractivity contribution is 6.32. The van der Waals surface area contributed by atoms with Gasteiger partial charge in [-0.15, -0.1) is 0 Å². The Kier molecular flexibility index (Phi) is 5.28. The van der Waals surface area contributed by atoms with Gasteiger partial charge in [0.1, 0.15) is 11.4 Å². The Morgan fingerprint density at radius 3 is 2.78 bits per heavy atom. The Hall–Kier alpha value is -2.47. The van der Waals surface area contributed by atoms with Crippen molar-refractivity contribution in [3.63, 3.8) is 0 Å². The van der Waals surface area contributed by atoms with Gasteiger partial charge in [-0.25, -0.2) is 9.78 Å². The second-order valence-electron chi connectivity index (χ2n) is 4.69. The Balaban J connectivity index is 2.55. The Morgan fingerprint density at radius 2 is 2.22 bits per heavy atom. The zero-order valence-electron chi connectivity index (χ0n) is 13.0. The molecule has 0 aliphatic heterocycles. The monoisotopic (exact) mass is 336 g/mol. The number of rotatable bonds is 5. The number of halogens is 1. The molecule has 0 aliphatic carbocycles. The highest BCUT2D eigenvalue weighted by Gasteiger charge is 2.18. The highest BCUT2D eigenvalue weighted by atomic mass is 35.5. The van der Waals surface area contributed by atoms with Crippen molar-refractivity contribution in [2.24, 2.45) is 7.05 Å². The SMILES string of the molecule is CCOC(=O)/C(=C/c1cc(Cl)c(O)c(OC)c1)c1nccn1C. The third-order valence-corrected chi connectivity index (χ3v) is 3.43. The lowest BCUT2D eigenvalue weighted by Gasteiger charge is -2.09. The van der Waals surface area contributed by atoms with Crippen molar-refractivity contribution < 1.29 is 19.4 Å². The molecule has 0 bridgehead atoms. The maximum absolute atomic E-state index is 12.2. The number of phenolic OH excluding ortho intramolecular Hbond substituents is 1. The molecular weight excluding hydrogens is 320 g/mol. The van der Waals surface area contributed by atoms with Gasteiger partial charge in [0.2, 0.25) is 0 Å². The predicted octanol–water partition coefficient (Wildman–Crippen LogP) is 2.89. The summed E-state index contributed by atoms with van der Waals surface area (Å²) in [6.45, 7) is 1.98. The molecule has 0 spiro atoms. The number of carbonyl (C=O) groups is 1. The number of hydrogen-bond acceptors (Lipinski definition) is 5. The van der Waals surface area contributed by atoms with Crippen LogP contribution in [0.4, 0.5) is 0 Å². The first kappa shape index (κ1) is 16.9. The van der Waals surface area contributed by atoms with E-state index in [1.54, 1.807) is 43.1 Å². The molecule has 0 atom stereocenters. The molecule has 0 radical (unpaired) electrons. The molecule has 7 heteroatoms. The zero-order valence-corrected chi connectivity index (χ0v) is 13.8. The molecule has 0 saturated carbocycles. The summed E-state index contributed by atoms with van der Waals surface area (Å²) in [5, 5.41) is 9.92. The number of carbonyl (C=O) groups excluding carboxylic acids is 1. The van der Waals surface area contributed by atoms with Crippen molar-refractivity contribution in [1.29, 1.82) is 0 Å². The van der Waals surface area contributed by atoms with Gasteiger partial charge in [0, 0.05) is 19.4 Å². The average molecular weight is 337 g/mol. The maximum Gasteiger partial charge on any atom is 0.341 e. The standard InChI is InChI=1S/C16H17ClN2O4/c1-4-23-16(21)11(15-18-5-6-19(15)2)7-10-8-12(17)14(20)13(9-10)22-3/h5-9,20H,4H2,1-3H3/b11-7+. The lowest BCUT2D eigenvalue weighted by molar-refractivity contribution is -0.136. The number of aromatic hydroxyl groups is 1. The number of hydrogen-bond donors (Lipinski definition) is 1. The largest absolute Gasteiger partial charge is 0.503 e. The van der Waals surface area contributed by atoms with Gasteiger partial charge >= 0.3 is 5.97 Å². The minimum atomic E-state index is -0.495. The van der Waals surface area contributed by atoms with Crippen LogP contribution in [0.3, 0.4) is 0 Å². The molecule has 1 aromatic carbocycles. The van der Waals surface area contributed by atoms with E-state index in [1.807, 2.05) is 0 Å². The Bertz CT molecular complexity index is 753. The van der Waals surface area contributed by atoms with E-state index in [4.69, 9.17) is 21.1 Å². The molecule has 0 saturated heterocycles. The van der Waals surface area contributed by atoms with Gasteiger partial charge in [0.15, 0.2) is 11.5 Å². The van der Waals surface area contributed by atoms with Gasteiger partial charge in [-0.05, 0) is 30.7 Å². The van der Waals surface area contributed by atoms with E-state index in [9.17, 15) is 9.90 Å². The van der Waals surface area contributed by atoms with Crippen LogP contribution < -0.4 is 4.74 Å². The van der Waals surface area contributed by atoms with Crippen LogP contribution in [0.5, 0.6) is 11.5 Å². The van der Waals surface area contributed by atoms with Crippen molar-refractivity contribution >= 4 is 29.2 Å². The molecule has 0 fully saturated rings. The molecule has 1 heterocycles. The number of benzene rings is 1. The van der Waals surface area contributed by atoms with Crippen molar-refractivity contribution in [2.45, 2.75) is 6.92 Å². The van der Waals surface area contributed by atoms with E-state index >= 15 is 0 Å². The third kappa shape index (κ3) is 3.65. The summed E-state index contributed by atoms with van der Waals surface area (Å²) in [5.41, 5.74) is 0.860. The molecule has 6 nitrogen and oxygen atoms in total. The Labute approximate surface area is 138 Å². The van der Waals surface area contributed by atoms with Gasteiger partial charge in [-0.1, -0.05) is 11.6 Å². The van der Waals surface area contributed by atoms with Crippen LogP contribution >= 0.6 is 11.6 Å². The normalized spacial score (nSPS) is 11.4. The van der Waals surface area contributed by atoms with Crippen molar-refractivity contribution in [3.8, 4) is 11.5 Å². The van der Waals surface area contributed by atoms with Crippen LogP contribution in [-0.4, -0.2) is 34.3 Å². The lowest BCUT2D eigenvalue weighted by Crippen LogP contribution is -2.10. The van der Waals surface area contributed by atoms with E-state index in [2.05, 4.69) is 4.98 Å². The van der Waals surface area contributed by atoms with Crippen LogP contribution in [0, 0.1) is 0 Å². The first-order valence-corrected chi connectivity index (χ1v) is 7.28. The summed E-state index contributed by atoms with van der Waals surface area (Å²) < 4.78 is 11.9. The minimum Gasteiger partial charge on any atom is -0.503 e. The molecule has 0 unspecified atom stereocenters. The highest BCUT2D eigenvalue weighted by Crippen LogP contribution is 2.36. The van der Waals surface area contributed by atoms with Crippen LogP contribution in [0.1, 0.15) is 18.3 Å². The van der Waals surface area contributed by atoms with Gasteiger partial charge in [-0.3, -0.25) is 0 Å². The summed E-state index contributed by atoms with van der Waals surface area (Å²) in [7, 11) is 3.20. The fourth-order valence-corrected chi connectivity index (χ4v) is 2.27. The molecule has 1 N–H and O–H groups in total. The smallest absolute Gasteiger partial charge is 0.341 e. The first-order valence-electron chi connectivity index (χ1n) is 6.91. The first-order chi connectivity index (χ1) is 11.0. The number of phenols is 1. The second-order valence-corrected chi connectivity index (χ2v) is 5.10. The molecular formula is C16H17ClN2O4. The van der Waals surface area contributed by atoms with Crippen molar-refractivity contribution in [1.82, 2.24) is 9.55 Å². The van der Waals surface area contributed by atoms with E-state index in [0.29, 0.717) is 11.4 Å². The summed E-state index contributed by atoms with van der Waals surface area (Å²) in [5.74, 6) is 0.0318. The molecule has 2 rings (SSSR count). The number of aromatic nitrogens is 2. The zero-order chi connectivity index (χ0) is 17.0. The second kappa shape index (κ2) is 7.19. The summed E-state index contributed by atoms with van der Waals surface area (Å²) in [6, 6.07) is 3.10. The molecule has 23 heavy (non-hydrogen) atoms. The van der Waals surface area contributed by atoms with E-state index in [1.165, 1.54) is 13.2 Å². The van der Waals surface area contributed by atoms with E-state index in [-0.39, 0.29) is 28.7 Å². The maximum atomic E-state index is 12.2. The van der Waals surface area contributed by atoms with Crippen molar-refractivity contribution in [3.05, 3.63) is 40.9 Å². The fraction of sp³-hybridized carbons (Fsp3) is 0.250. The number of methoxy groups -OCH3 is 1. The predicted molar refractivity (Wildman–Crippen MR) is 87.4 cm³/mol. The number of nitrogens with zero attached hydrogens (tertiary/aromatic N) is 2. The third-order valence-electron chi connectivity index (χ3n) is 3.14. The van der Waals surface area contributed by atoms with Gasteiger partial charge < -0.3 is 19.1 Å². The molecule has 122 valence electrons. The Morgan fingerprint density at radius 1 is 1.48 bits per heavy atom. The van der Waals surface area contributed by atoms with Gasteiger partial charge in [-0.2, -0.15) is 0 Å². The van der Waals surface area contributed by atoms with Crippen LogP contribution in [0.25, 0.3) is 11.6 Å². The summed E-state index contributed by atoms with van der Waals surface area (Å²) in [6.07, 6.45) is 4.91. The lowest BCUT2D eigenvalue weighted by atomic mass is 10.1. The van der Waals surface area contributed by atoms with Crippen LogP contribution in [0.15, 0.2) is 24.5 Å². The van der Waals surface area contributed by atoms with Gasteiger partial charge in [0.05, 0.1) is 18.7 Å². The molecule has 2 aromatic rings. The summed E-state index contributed by atoms with van der Waals surface area (Å²) >= 11 is 5.98. The average Bonchev–Trinajstić information content (AvgIpc) is 2.94. The molecule has 0 aliphatic rings. The van der Waals surface area contributed by atoms with E-state index < -0.39 is 5.97 Å². The number of esters is 1. The topological polar surface area (TPSA) is 73.6 Å². The quantitative estimate of drug-likeness (QED) is 0.671. The van der Waals surface area contributed by atoms with E-state index in [0.717, 1.165) is 0 Å². The minimum absolute atomic E-state index is 0.124. The van der Waals surface area contributed by atoms with Crippen molar-refractivity contribution in [2.75, 3.05) is 13.7 Å². The number of aryl methyl sites for hydroxylation is 1. The molecule has 0 amide bonds. The van der Waals surface area contributed by atoms with Crippen LogP contribution in [0.2, 0.25) is 5.02 Å². The number of imidazole rings is 1.